The molecule has 4 rings (SSSR count). The average molecular weight is 334 g/mol. The van der Waals surface area contributed by atoms with E-state index in [2.05, 4.69) is 54.1 Å². The first kappa shape index (κ1) is 16.2. The molecule has 1 N–H and O–H groups in total. The van der Waals surface area contributed by atoms with Crippen LogP contribution in [0.5, 0.6) is 0 Å². The highest BCUT2D eigenvalue weighted by molar-refractivity contribution is 5.92. The number of carbonyl (C=O) groups is 1. The van der Waals surface area contributed by atoms with Crippen molar-refractivity contribution in [2.24, 2.45) is 0 Å². The lowest BCUT2D eigenvalue weighted by molar-refractivity contribution is -0.117. The van der Waals surface area contributed by atoms with E-state index in [1.54, 1.807) is 6.08 Å². The van der Waals surface area contributed by atoms with E-state index in [-0.39, 0.29) is 11.9 Å². The van der Waals surface area contributed by atoms with Gasteiger partial charge in [-0.3, -0.25) is 4.79 Å². The normalized spacial score (nSPS) is 19.8. The summed E-state index contributed by atoms with van der Waals surface area (Å²) < 4.78 is 2.41. The number of carbonyl (C=O) groups excluding carboxylic acids is 1. The Labute approximate surface area is 149 Å². The molecular formula is C22H26N2O. The highest BCUT2D eigenvalue weighted by Gasteiger charge is 2.26. The van der Waals surface area contributed by atoms with Gasteiger partial charge in [-0.05, 0) is 74.8 Å². The van der Waals surface area contributed by atoms with E-state index < -0.39 is 0 Å². The fourth-order valence-electron chi connectivity index (χ4n) is 4.16. The molecule has 0 spiro atoms. The molecule has 25 heavy (non-hydrogen) atoms. The molecule has 1 amide bonds. The van der Waals surface area contributed by atoms with E-state index in [1.807, 2.05) is 6.08 Å². The highest BCUT2D eigenvalue weighted by atomic mass is 16.1. The topological polar surface area (TPSA) is 34.0 Å². The molecule has 0 unspecified atom stereocenters. The van der Waals surface area contributed by atoms with Crippen LogP contribution >= 0.6 is 0 Å². The smallest absolute Gasteiger partial charge is 0.244 e. The van der Waals surface area contributed by atoms with Gasteiger partial charge in [-0.15, -0.1) is 0 Å². The van der Waals surface area contributed by atoms with Crippen LogP contribution in [-0.2, 0) is 11.2 Å². The van der Waals surface area contributed by atoms with Gasteiger partial charge in [0.05, 0.1) is 6.04 Å². The second kappa shape index (κ2) is 6.55. The summed E-state index contributed by atoms with van der Waals surface area (Å²) in [6, 6.07) is 11.5. The maximum atomic E-state index is 12.4. The molecule has 130 valence electrons. The van der Waals surface area contributed by atoms with E-state index in [0.717, 1.165) is 24.8 Å². The lowest BCUT2D eigenvalue weighted by Gasteiger charge is -2.25. The standard InChI is InChI=1S/C22H26N2O/c1-15-14-18(16(2)24(15)19-11-12-19)10-13-22(25)23-21-9-5-7-17-6-3-4-8-20(17)21/h3-4,6,8,10,13-14,19,21H,5,7,9,11-12H2,1-2H3,(H,23,25)/b13-10+/t21-/m0/s1. The number of rotatable bonds is 4. The fourth-order valence-corrected chi connectivity index (χ4v) is 4.16. The molecule has 1 saturated carbocycles. The van der Waals surface area contributed by atoms with Gasteiger partial charge < -0.3 is 9.88 Å². The molecule has 1 atom stereocenters. The van der Waals surface area contributed by atoms with Gasteiger partial charge in [0.25, 0.3) is 0 Å². The Morgan fingerprint density at radius 2 is 2.00 bits per heavy atom. The Morgan fingerprint density at radius 3 is 2.80 bits per heavy atom. The number of aromatic nitrogens is 1. The summed E-state index contributed by atoms with van der Waals surface area (Å²) in [5.74, 6) is -0.00192. The predicted molar refractivity (Wildman–Crippen MR) is 101 cm³/mol. The molecule has 0 aliphatic heterocycles. The Kier molecular flexibility index (Phi) is 4.24. The Balaban J connectivity index is 1.46. The number of nitrogens with one attached hydrogen (secondary N) is 1. The van der Waals surface area contributed by atoms with Crippen LogP contribution in [0.3, 0.4) is 0 Å². The third-order valence-electron chi connectivity index (χ3n) is 5.54. The van der Waals surface area contributed by atoms with Crippen molar-refractivity contribution in [3.05, 3.63) is 64.5 Å². The molecule has 0 radical (unpaired) electrons. The van der Waals surface area contributed by atoms with Gasteiger partial charge in [-0.25, -0.2) is 0 Å². The van der Waals surface area contributed by atoms with Crippen molar-refractivity contribution >= 4 is 12.0 Å². The molecule has 1 aromatic carbocycles. The third-order valence-corrected chi connectivity index (χ3v) is 5.54. The molecule has 0 saturated heterocycles. The quantitative estimate of drug-likeness (QED) is 0.812. The summed E-state index contributed by atoms with van der Waals surface area (Å²) in [6.07, 6.45) is 9.48. The summed E-state index contributed by atoms with van der Waals surface area (Å²) in [7, 11) is 0. The van der Waals surface area contributed by atoms with Gasteiger partial charge in [-0.2, -0.15) is 0 Å². The lowest BCUT2D eigenvalue weighted by Crippen LogP contribution is -2.29. The second-order valence-electron chi connectivity index (χ2n) is 7.41. The van der Waals surface area contributed by atoms with E-state index in [0.29, 0.717) is 6.04 Å². The summed E-state index contributed by atoms with van der Waals surface area (Å²) >= 11 is 0. The Bertz CT molecular complexity index is 827. The molecule has 3 heteroatoms. The number of hydrogen-bond acceptors (Lipinski definition) is 1. The zero-order chi connectivity index (χ0) is 17.4. The SMILES string of the molecule is Cc1cc(/C=C/C(=O)N[C@H]2CCCc3ccccc32)c(C)n1C1CC1. The van der Waals surface area contributed by atoms with Crippen molar-refractivity contribution in [2.45, 2.75) is 58.0 Å². The minimum absolute atomic E-state index is 0.00192. The average Bonchev–Trinajstić information content (AvgIpc) is 3.39. The van der Waals surface area contributed by atoms with Gasteiger partial charge in [-0.1, -0.05) is 24.3 Å². The summed E-state index contributed by atoms with van der Waals surface area (Å²) in [5.41, 5.74) is 6.37. The van der Waals surface area contributed by atoms with Crippen LogP contribution in [0.1, 0.15) is 65.8 Å². The van der Waals surface area contributed by atoms with E-state index in [4.69, 9.17) is 0 Å². The van der Waals surface area contributed by atoms with Gasteiger partial charge in [0.15, 0.2) is 0 Å². The van der Waals surface area contributed by atoms with Crippen LogP contribution in [0.15, 0.2) is 36.4 Å². The van der Waals surface area contributed by atoms with Crippen LogP contribution in [0, 0.1) is 13.8 Å². The summed E-state index contributed by atoms with van der Waals surface area (Å²) in [5, 5.41) is 3.19. The largest absolute Gasteiger partial charge is 0.346 e. The van der Waals surface area contributed by atoms with Crippen molar-refractivity contribution in [3.8, 4) is 0 Å². The molecule has 2 aliphatic carbocycles. The molecule has 2 aliphatic rings. The zero-order valence-corrected chi connectivity index (χ0v) is 15.1. The van der Waals surface area contributed by atoms with E-state index >= 15 is 0 Å². The van der Waals surface area contributed by atoms with Crippen molar-refractivity contribution in [2.75, 3.05) is 0 Å². The van der Waals surface area contributed by atoms with Crippen LogP contribution in [0.2, 0.25) is 0 Å². The Hall–Kier alpha value is -2.29. The van der Waals surface area contributed by atoms with Crippen LogP contribution < -0.4 is 5.32 Å². The predicted octanol–water partition coefficient (Wildman–Crippen LogP) is 4.65. The van der Waals surface area contributed by atoms with Crippen molar-refractivity contribution in [1.82, 2.24) is 9.88 Å². The maximum absolute atomic E-state index is 12.4. The minimum Gasteiger partial charge on any atom is -0.346 e. The van der Waals surface area contributed by atoms with Gasteiger partial charge in [0.1, 0.15) is 0 Å². The molecule has 1 fully saturated rings. The third kappa shape index (κ3) is 3.28. The first-order chi connectivity index (χ1) is 12.1. The van der Waals surface area contributed by atoms with Crippen molar-refractivity contribution in [1.29, 1.82) is 0 Å². The number of benzene rings is 1. The molecular weight excluding hydrogens is 308 g/mol. The molecule has 2 aromatic rings. The van der Waals surface area contributed by atoms with Crippen molar-refractivity contribution in [3.63, 3.8) is 0 Å². The lowest BCUT2D eigenvalue weighted by atomic mass is 9.88. The van der Waals surface area contributed by atoms with Gasteiger partial charge in [0, 0.05) is 23.5 Å². The van der Waals surface area contributed by atoms with Crippen molar-refractivity contribution < 1.29 is 4.79 Å². The highest BCUT2D eigenvalue weighted by Crippen LogP contribution is 2.38. The van der Waals surface area contributed by atoms with E-state index in [9.17, 15) is 4.79 Å². The van der Waals surface area contributed by atoms with Crippen LogP contribution in [-0.4, -0.2) is 10.5 Å². The molecule has 1 heterocycles. The Morgan fingerprint density at radius 1 is 1.20 bits per heavy atom. The number of fused-ring (bicyclic) bond motifs is 1. The zero-order valence-electron chi connectivity index (χ0n) is 15.1. The minimum atomic E-state index is -0.00192. The second-order valence-corrected chi connectivity index (χ2v) is 7.41. The first-order valence-electron chi connectivity index (χ1n) is 9.38. The maximum Gasteiger partial charge on any atom is 0.244 e. The molecule has 1 aromatic heterocycles. The number of amides is 1. The number of aryl methyl sites for hydroxylation is 2. The fraction of sp³-hybridized carbons (Fsp3) is 0.409. The molecule has 3 nitrogen and oxygen atoms in total. The first-order valence-corrected chi connectivity index (χ1v) is 9.38. The monoisotopic (exact) mass is 334 g/mol. The van der Waals surface area contributed by atoms with Crippen LogP contribution in [0.25, 0.3) is 6.08 Å². The molecule has 0 bridgehead atoms. The number of hydrogen-bond donors (Lipinski definition) is 1. The summed E-state index contributed by atoms with van der Waals surface area (Å²) in [6.45, 7) is 4.31. The van der Waals surface area contributed by atoms with Crippen LogP contribution in [0.4, 0.5) is 0 Å². The van der Waals surface area contributed by atoms with Gasteiger partial charge in [0.2, 0.25) is 5.91 Å². The number of nitrogens with zero attached hydrogens (tertiary/aromatic N) is 1. The summed E-state index contributed by atoms with van der Waals surface area (Å²) in [4.78, 5) is 12.4. The van der Waals surface area contributed by atoms with E-state index in [1.165, 1.54) is 35.4 Å². The van der Waals surface area contributed by atoms with Gasteiger partial charge >= 0.3 is 0 Å².